The Bertz CT molecular complexity index is 89.0. The van der Waals surface area contributed by atoms with Gasteiger partial charge in [0.25, 0.3) is 0 Å². The van der Waals surface area contributed by atoms with Crippen molar-refractivity contribution in [2.75, 3.05) is 6.54 Å². The second-order valence-corrected chi connectivity index (χ2v) is 3.90. The molecule has 0 aromatic carbocycles. The van der Waals surface area contributed by atoms with Gasteiger partial charge in [0.05, 0.1) is 0 Å². The van der Waals surface area contributed by atoms with Crippen molar-refractivity contribution in [2.45, 2.75) is 45.4 Å². The molecule has 1 nitrogen and oxygen atoms in total. The van der Waals surface area contributed by atoms with Crippen LogP contribution >= 0.6 is 0 Å². The fraction of sp³-hybridized carbons (Fsp3) is 1.00. The normalized spacial score (nSPS) is 33.3. The van der Waals surface area contributed by atoms with Crippen LogP contribution in [0.1, 0.15) is 45.4 Å². The van der Waals surface area contributed by atoms with E-state index in [4.69, 9.17) is 5.73 Å². The van der Waals surface area contributed by atoms with E-state index < -0.39 is 0 Å². The molecule has 1 heteroatoms. The second-order valence-electron chi connectivity index (χ2n) is 3.90. The SMILES string of the molecule is CCC1CCCCC(CN)C1. The summed E-state index contributed by atoms with van der Waals surface area (Å²) >= 11 is 0. The summed E-state index contributed by atoms with van der Waals surface area (Å²) in [5.41, 5.74) is 5.69. The van der Waals surface area contributed by atoms with Gasteiger partial charge in [-0.25, -0.2) is 0 Å². The van der Waals surface area contributed by atoms with Gasteiger partial charge in [0.1, 0.15) is 0 Å². The van der Waals surface area contributed by atoms with Gasteiger partial charge in [0.2, 0.25) is 0 Å². The maximum absolute atomic E-state index is 5.69. The third kappa shape index (κ3) is 2.82. The molecular formula is C10H21N. The summed E-state index contributed by atoms with van der Waals surface area (Å²) in [7, 11) is 0. The second kappa shape index (κ2) is 4.76. The highest BCUT2D eigenvalue weighted by atomic mass is 14.5. The highest BCUT2D eigenvalue weighted by Crippen LogP contribution is 2.28. The summed E-state index contributed by atoms with van der Waals surface area (Å²) in [4.78, 5) is 0. The summed E-state index contributed by atoms with van der Waals surface area (Å²) in [6.07, 6.45) is 8.44. The smallest absolute Gasteiger partial charge is 0.00488 e. The first kappa shape index (κ1) is 9.05. The highest BCUT2D eigenvalue weighted by molar-refractivity contribution is 4.70. The predicted molar refractivity (Wildman–Crippen MR) is 49.4 cm³/mol. The fourth-order valence-corrected chi connectivity index (χ4v) is 2.16. The zero-order valence-corrected chi connectivity index (χ0v) is 7.68. The van der Waals surface area contributed by atoms with E-state index in [1.807, 2.05) is 0 Å². The fourth-order valence-electron chi connectivity index (χ4n) is 2.16. The van der Waals surface area contributed by atoms with E-state index in [9.17, 15) is 0 Å². The molecule has 0 bridgehead atoms. The molecule has 0 saturated heterocycles. The van der Waals surface area contributed by atoms with E-state index in [0.717, 1.165) is 18.4 Å². The third-order valence-electron chi connectivity index (χ3n) is 3.05. The predicted octanol–water partition coefficient (Wildman–Crippen LogP) is 2.55. The Morgan fingerprint density at radius 2 is 1.82 bits per heavy atom. The van der Waals surface area contributed by atoms with E-state index in [1.165, 1.54) is 38.5 Å². The number of hydrogen-bond donors (Lipinski definition) is 1. The molecule has 66 valence electrons. The van der Waals surface area contributed by atoms with Crippen LogP contribution in [0.3, 0.4) is 0 Å². The van der Waals surface area contributed by atoms with Crippen molar-refractivity contribution in [3.63, 3.8) is 0 Å². The number of nitrogens with two attached hydrogens (primary N) is 1. The third-order valence-corrected chi connectivity index (χ3v) is 3.05. The first-order valence-corrected chi connectivity index (χ1v) is 5.06. The monoisotopic (exact) mass is 155 g/mol. The van der Waals surface area contributed by atoms with Gasteiger partial charge in [-0.05, 0) is 31.2 Å². The summed E-state index contributed by atoms with van der Waals surface area (Å²) in [5, 5.41) is 0. The van der Waals surface area contributed by atoms with Gasteiger partial charge >= 0.3 is 0 Å². The van der Waals surface area contributed by atoms with Crippen LogP contribution in [0.2, 0.25) is 0 Å². The van der Waals surface area contributed by atoms with E-state index in [0.29, 0.717) is 0 Å². The summed E-state index contributed by atoms with van der Waals surface area (Å²) in [6, 6.07) is 0. The van der Waals surface area contributed by atoms with Crippen molar-refractivity contribution in [1.29, 1.82) is 0 Å². The van der Waals surface area contributed by atoms with Crippen LogP contribution in [0.4, 0.5) is 0 Å². The van der Waals surface area contributed by atoms with Crippen LogP contribution < -0.4 is 5.73 Å². The minimum absolute atomic E-state index is 0.836. The lowest BCUT2D eigenvalue weighted by molar-refractivity contribution is 0.372. The zero-order valence-electron chi connectivity index (χ0n) is 7.68. The molecular weight excluding hydrogens is 134 g/mol. The van der Waals surface area contributed by atoms with Crippen molar-refractivity contribution in [1.82, 2.24) is 0 Å². The lowest BCUT2D eigenvalue weighted by Gasteiger charge is -2.16. The van der Waals surface area contributed by atoms with Crippen molar-refractivity contribution < 1.29 is 0 Å². The molecule has 0 aliphatic heterocycles. The van der Waals surface area contributed by atoms with Gasteiger partial charge in [-0.2, -0.15) is 0 Å². The van der Waals surface area contributed by atoms with E-state index >= 15 is 0 Å². The minimum Gasteiger partial charge on any atom is -0.330 e. The number of rotatable bonds is 2. The quantitative estimate of drug-likeness (QED) is 0.609. The Morgan fingerprint density at radius 3 is 2.36 bits per heavy atom. The molecule has 0 radical (unpaired) electrons. The van der Waals surface area contributed by atoms with Crippen LogP contribution in [0.5, 0.6) is 0 Å². The molecule has 11 heavy (non-hydrogen) atoms. The molecule has 0 aromatic heterocycles. The molecule has 0 aromatic rings. The first-order chi connectivity index (χ1) is 5.36. The minimum atomic E-state index is 0.836. The Hall–Kier alpha value is -0.0400. The van der Waals surface area contributed by atoms with Gasteiger partial charge in [0.15, 0.2) is 0 Å². The van der Waals surface area contributed by atoms with Crippen LogP contribution in [0.25, 0.3) is 0 Å². The largest absolute Gasteiger partial charge is 0.330 e. The molecule has 1 fully saturated rings. The van der Waals surface area contributed by atoms with Crippen molar-refractivity contribution >= 4 is 0 Å². The van der Waals surface area contributed by atoms with Gasteiger partial charge in [0, 0.05) is 0 Å². The Kier molecular flexibility index (Phi) is 3.92. The summed E-state index contributed by atoms with van der Waals surface area (Å²) in [6.45, 7) is 3.22. The summed E-state index contributed by atoms with van der Waals surface area (Å²) < 4.78 is 0. The molecule has 2 N–H and O–H groups in total. The van der Waals surface area contributed by atoms with Crippen LogP contribution in [0, 0.1) is 11.8 Å². The molecule has 1 rings (SSSR count). The molecule has 1 aliphatic rings. The molecule has 2 unspecified atom stereocenters. The number of hydrogen-bond acceptors (Lipinski definition) is 1. The van der Waals surface area contributed by atoms with E-state index in [1.54, 1.807) is 0 Å². The van der Waals surface area contributed by atoms with Gasteiger partial charge in [-0.1, -0.05) is 32.6 Å². The first-order valence-electron chi connectivity index (χ1n) is 5.06. The van der Waals surface area contributed by atoms with Gasteiger partial charge in [-0.3, -0.25) is 0 Å². The van der Waals surface area contributed by atoms with Gasteiger partial charge in [-0.15, -0.1) is 0 Å². The average Bonchev–Trinajstić information content (AvgIpc) is 2.28. The molecule has 1 saturated carbocycles. The van der Waals surface area contributed by atoms with Crippen LogP contribution in [-0.4, -0.2) is 6.54 Å². The molecule has 0 spiro atoms. The Morgan fingerprint density at radius 1 is 1.18 bits per heavy atom. The van der Waals surface area contributed by atoms with Crippen LogP contribution in [-0.2, 0) is 0 Å². The lowest BCUT2D eigenvalue weighted by atomic mass is 9.91. The molecule has 0 heterocycles. The standard InChI is InChI=1S/C10H21N/c1-2-9-5-3-4-6-10(7-9)8-11/h9-10H,2-8,11H2,1H3. The topological polar surface area (TPSA) is 26.0 Å². The van der Waals surface area contributed by atoms with Gasteiger partial charge < -0.3 is 5.73 Å². The lowest BCUT2D eigenvalue weighted by Crippen LogP contribution is -2.15. The van der Waals surface area contributed by atoms with Crippen molar-refractivity contribution in [3.8, 4) is 0 Å². The van der Waals surface area contributed by atoms with Crippen molar-refractivity contribution in [3.05, 3.63) is 0 Å². The molecule has 2 atom stereocenters. The highest BCUT2D eigenvalue weighted by Gasteiger charge is 2.17. The zero-order chi connectivity index (χ0) is 8.10. The maximum atomic E-state index is 5.69. The maximum Gasteiger partial charge on any atom is -0.00488 e. The van der Waals surface area contributed by atoms with E-state index in [2.05, 4.69) is 6.92 Å². The average molecular weight is 155 g/mol. The Balaban J connectivity index is 2.33. The van der Waals surface area contributed by atoms with Crippen molar-refractivity contribution in [2.24, 2.45) is 17.6 Å². The molecule has 0 amide bonds. The summed E-state index contributed by atoms with van der Waals surface area (Å²) in [5.74, 6) is 1.81. The Labute approximate surface area is 70.4 Å². The van der Waals surface area contributed by atoms with Crippen LogP contribution in [0.15, 0.2) is 0 Å². The molecule has 1 aliphatic carbocycles. The van der Waals surface area contributed by atoms with E-state index in [-0.39, 0.29) is 0 Å².